The van der Waals surface area contributed by atoms with Crippen molar-refractivity contribution in [3.8, 4) is 0 Å². The van der Waals surface area contributed by atoms with Gasteiger partial charge in [0, 0.05) is 16.2 Å². The molecule has 0 aromatic carbocycles. The maximum absolute atomic E-state index is 12.5. The van der Waals surface area contributed by atoms with Crippen molar-refractivity contribution in [1.29, 1.82) is 0 Å². The van der Waals surface area contributed by atoms with Gasteiger partial charge in [0.2, 0.25) is 0 Å². The quantitative estimate of drug-likeness (QED) is 0.152. The number of aliphatic hydroxyl groups excluding tert-OH is 9. The van der Waals surface area contributed by atoms with Gasteiger partial charge in [-0.25, -0.2) is 0 Å². The number of carboxylic acids is 1. The molecule has 3 saturated carbocycles. The van der Waals surface area contributed by atoms with Gasteiger partial charge in [-0.05, 0) is 93.5 Å². The molecule has 15 nitrogen and oxygen atoms in total. The maximum atomic E-state index is 12.5. The Balaban J connectivity index is 1.16. The highest BCUT2D eigenvalue weighted by molar-refractivity contribution is 5.75. The highest BCUT2D eigenvalue weighted by Gasteiger charge is 2.69. The van der Waals surface area contributed by atoms with Crippen LogP contribution in [-0.2, 0) is 23.7 Å². The van der Waals surface area contributed by atoms with Crippen LogP contribution in [0.25, 0.3) is 0 Å². The highest BCUT2D eigenvalue weighted by atomic mass is 16.7. The Kier molecular flexibility index (Phi) is 11.3. The van der Waals surface area contributed by atoms with Crippen molar-refractivity contribution in [2.45, 2.75) is 167 Å². The average Bonchev–Trinajstić information content (AvgIpc) is 3.16. The largest absolute Gasteiger partial charge is 0.481 e. The third-order valence-corrected chi connectivity index (χ3v) is 17.1. The van der Waals surface area contributed by atoms with Gasteiger partial charge in [0.25, 0.3) is 0 Å². The van der Waals surface area contributed by atoms with E-state index >= 15 is 0 Å². The van der Waals surface area contributed by atoms with Gasteiger partial charge in [-0.2, -0.15) is 0 Å². The van der Waals surface area contributed by atoms with Gasteiger partial charge in [0.05, 0.1) is 43.5 Å². The minimum Gasteiger partial charge on any atom is -0.481 e. The number of ether oxygens (including phenoxy) is 4. The van der Waals surface area contributed by atoms with Crippen molar-refractivity contribution in [3.05, 3.63) is 23.3 Å². The van der Waals surface area contributed by atoms with E-state index in [1.165, 1.54) is 0 Å². The normalized spacial score (nSPS) is 55.0. The topological polar surface area (TPSA) is 256 Å². The summed E-state index contributed by atoms with van der Waals surface area (Å²) in [6.45, 7) is 10.9. The highest BCUT2D eigenvalue weighted by Crippen LogP contribution is 2.74. The van der Waals surface area contributed by atoms with Crippen molar-refractivity contribution < 1.29 is 74.8 Å². The van der Waals surface area contributed by atoms with Crippen LogP contribution in [0.3, 0.4) is 0 Å². The molecule has 0 radical (unpaired) electrons. The molecule has 5 aliphatic carbocycles. The standard InChI is InChI=1S/C42H66O15/c1-20-28(47)33(57-34-31(50)30(49)29(48)23(17-43)55-34)32(51)35(54-20)56-27-10-11-38(3)24(39(27,4)18-44)9-12-40(5)25(38)8-7-21-22-15-37(2,36(52)53)13-14-42(22,19-45)26(46)16-41(21,40)6/h7-8,20,23-35,43-51H,9-19H2,1-6H3,(H,52,53)/t20-,23-,24?,25?,26-,27?,28+,29-,30+,31-,32-,33+,34+,35+,37-,38+,39+,40-,41-,42-/m1/s1. The maximum Gasteiger partial charge on any atom is 0.309 e. The summed E-state index contributed by atoms with van der Waals surface area (Å²) >= 11 is 0. The SMILES string of the molecule is C[C@H]1O[C@@H](OC2CC[C@@]3(C)C(CC[C@]4(C)C3C=CC3=C5C[C@](C)(C(=O)O)CC[C@]5(CO)[C@H](O)C[C@]34C)[C@]2(C)CO)[C@H](O)[C@@H](O[C@@H]2O[C@H](CO)[C@@H](O)[C@H](O)[C@H]2O)[C@H]1O. The molecule has 2 saturated heterocycles. The molecule has 0 spiro atoms. The van der Waals surface area contributed by atoms with E-state index in [0.717, 1.165) is 17.6 Å². The summed E-state index contributed by atoms with van der Waals surface area (Å²) < 4.78 is 24.0. The van der Waals surface area contributed by atoms with Gasteiger partial charge in [-0.3, -0.25) is 4.79 Å². The zero-order valence-corrected chi connectivity index (χ0v) is 34.0. The molecule has 324 valence electrons. The molecule has 15 heteroatoms. The molecule has 0 aromatic heterocycles. The minimum atomic E-state index is -1.75. The second-order valence-corrected chi connectivity index (χ2v) is 20.0. The van der Waals surface area contributed by atoms with E-state index in [9.17, 15) is 55.9 Å². The van der Waals surface area contributed by atoms with E-state index in [1.807, 2.05) is 6.92 Å². The van der Waals surface area contributed by atoms with Crippen LogP contribution in [0.5, 0.6) is 0 Å². The molecule has 20 atom stereocenters. The Labute approximate surface area is 334 Å². The van der Waals surface area contributed by atoms with Crippen molar-refractivity contribution in [1.82, 2.24) is 0 Å². The van der Waals surface area contributed by atoms with E-state index in [0.29, 0.717) is 38.5 Å². The lowest BCUT2D eigenvalue weighted by atomic mass is 9.35. The van der Waals surface area contributed by atoms with E-state index in [1.54, 1.807) is 13.8 Å². The Bertz CT molecular complexity index is 1600. The molecule has 0 amide bonds. The molecule has 0 aromatic rings. The van der Waals surface area contributed by atoms with Crippen molar-refractivity contribution >= 4 is 5.97 Å². The van der Waals surface area contributed by atoms with Crippen LogP contribution in [-0.4, -0.2) is 150 Å². The lowest BCUT2D eigenvalue weighted by molar-refractivity contribution is -0.367. The van der Waals surface area contributed by atoms with Crippen LogP contribution in [0.2, 0.25) is 0 Å². The number of aliphatic carboxylic acids is 1. The Morgan fingerprint density at radius 1 is 0.807 bits per heavy atom. The van der Waals surface area contributed by atoms with Crippen molar-refractivity contribution in [2.75, 3.05) is 19.8 Å². The predicted octanol–water partition coefficient (Wildman–Crippen LogP) is 0.745. The summed E-state index contributed by atoms with van der Waals surface area (Å²) in [4.78, 5) is 12.5. The lowest BCUT2D eigenvalue weighted by Crippen LogP contribution is -2.67. The van der Waals surface area contributed by atoms with Crippen LogP contribution in [0.15, 0.2) is 23.3 Å². The third-order valence-electron chi connectivity index (χ3n) is 17.1. The fourth-order valence-electron chi connectivity index (χ4n) is 13.1. The predicted molar refractivity (Wildman–Crippen MR) is 201 cm³/mol. The average molecular weight is 811 g/mol. The molecular weight excluding hydrogens is 744 g/mol. The first-order chi connectivity index (χ1) is 26.6. The van der Waals surface area contributed by atoms with E-state index in [2.05, 4.69) is 32.9 Å². The third kappa shape index (κ3) is 6.19. The molecule has 2 heterocycles. The second kappa shape index (κ2) is 14.8. The summed E-state index contributed by atoms with van der Waals surface area (Å²) in [6.07, 6.45) is -7.57. The van der Waals surface area contributed by atoms with Gasteiger partial charge in [0.1, 0.15) is 42.7 Å². The van der Waals surface area contributed by atoms with Gasteiger partial charge in [-0.15, -0.1) is 0 Å². The number of allylic oxidation sites excluding steroid dienone is 3. The van der Waals surface area contributed by atoms with Crippen LogP contribution >= 0.6 is 0 Å². The van der Waals surface area contributed by atoms with E-state index in [-0.39, 0.29) is 42.3 Å². The van der Waals surface area contributed by atoms with Crippen molar-refractivity contribution in [2.24, 2.45) is 44.3 Å². The van der Waals surface area contributed by atoms with Crippen LogP contribution in [0.4, 0.5) is 0 Å². The van der Waals surface area contributed by atoms with Gasteiger partial charge in [-0.1, -0.05) is 45.4 Å². The molecular formula is C42H66O15. The second-order valence-electron chi connectivity index (χ2n) is 20.0. The number of aliphatic hydroxyl groups is 9. The molecule has 2 aliphatic heterocycles. The first kappa shape index (κ1) is 43.5. The number of fused-ring (bicyclic) bond motifs is 6. The zero-order chi connectivity index (χ0) is 41.8. The summed E-state index contributed by atoms with van der Waals surface area (Å²) in [5.74, 6) is -0.929. The van der Waals surface area contributed by atoms with Gasteiger partial charge >= 0.3 is 5.97 Å². The fourth-order valence-corrected chi connectivity index (χ4v) is 13.1. The molecule has 7 aliphatic rings. The van der Waals surface area contributed by atoms with Gasteiger partial charge < -0.3 is 70.0 Å². The van der Waals surface area contributed by atoms with Gasteiger partial charge in [0.15, 0.2) is 12.6 Å². The fraction of sp³-hybridized carbons (Fsp3) is 0.881. The Morgan fingerprint density at radius 2 is 1.49 bits per heavy atom. The lowest BCUT2D eigenvalue weighted by Gasteiger charge is -2.70. The number of carboxylic acid groups (broad SMARTS) is 1. The summed E-state index contributed by atoms with van der Waals surface area (Å²) in [6, 6.07) is 0. The molecule has 0 bridgehead atoms. The first-order valence-corrected chi connectivity index (χ1v) is 20.8. The number of hydrogen-bond donors (Lipinski definition) is 10. The summed E-state index contributed by atoms with van der Waals surface area (Å²) in [5, 5.41) is 108. The minimum absolute atomic E-state index is 0.0104. The molecule has 5 fully saturated rings. The number of hydrogen-bond acceptors (Lipinski definition) is 14. The number of carbonyl (C=O) groups is 1. The van der Waals surface area contributed by atoms with E-state index in [4.69, 9.17) is 18.9 Å². The monoisotopic (exact) mass is 810 g/mol. The summed E-state index contributed by atoms with van der Waals surface area (Å²) in [5.41, 5.74) is -2.04. The molecule has 57 heavy (non-hydrogen) atoms. The first-order valence-electron chi connectivity index (χ1n) is 20.8. The molecule has 3 unspecified atom stereocenters. The van der Waals surface area contributed by atoms with E-state index < -0.39 is 108 Å². The zero-order valence-electron chi connectivity index (χ0n) is 34.0. The van der Waals surface area contributed by atoms with Crippen LogP contribution < -0.4 is 0 Å². The number of rotatable bonds is 8. The molecule has 7 rings (SSSR count). The Morgan fingerprint density at radius 3 is 2.12 bits per heavy atom. The Hall–Kier alpha value is -1.57. The molecule has 10 N–H and O–H groups in total. The smallest absolute Gasteiger partial charge is 0.309 e. The van der Waals surface area contributed by atoms with Crippen LogP contribution in [0.1, 0.15) is 92.9 Å². The summed E-state index contributed by atoms with van der Waals surface area (Å²) in [7, 11) is 0. The van der Waals surface area contributed by atoms with Crippen LogP contribution in [0, 0.1) is 44.3 Å². The van der Waals surface area contributed by atoms with Crippen molar-refractivity contribution in [3.63, 3.8) is 0 Å².